The summed E-state index contributed by atoms with van der Waals surface area (Å²) in [5.74, 6) is 0.670. The lowest BCUT2D eigenvalue weighted by molar-refractivity contribution is -0.137. The third-order valence-electron chi connectivity index (χ3n) is 5.15. The second-order valence-electron chi connectivity index (χ2n) is 7.36. The Hall–Kier alpha value is -1.80. The summed E-state index contributed by atoms with van der Waals surface area (Å²) in [6, 6.07) is 5.68. The minimum absolute atomic E-state index is 0.240. The number of hydrogen-bond donors (Lipinski definition) is 2. The van der Waals surface area contributed by atoms with Gasteiger partial charge in [-0.1, -0.05) is 18.2 Å². The molecule has 1 aromatic rings. The van der Waals surface area contributed by atoms with Crippen LogP contribution in [0.1, 0.15) is 30.4 Å². The van der Waals surface area contributed by atoms with Crippen LogP contribution in [0.15, 0.2) is 29.3 Å². The second-order valence-corrected chi connectivity index (χ2v) is 7.36. The molecule has 2 rings (SSSR count). The lowest BCUT2D eigenvalue weighted by atomic mass is 9.94. The van der Waals surface area contributed by atoms with Crippen molar-refractivity contribution in [3.63, 3.8) is 0 Å². The van der Waals surface area contributed by atoms with E-state index in [1.165, 1.54) is 12.1 Å². The maximum Gasteiger partial charge on any atom is 0.416 e. The maximum atomic E-state index is 13.0. The molecule has 0 amide bonds. The number of benzene rings is 1. The Balaban J connectivity index is 1.82. The molecule has 0 spiro atoms. The highest BCUT2D eigenvalue weighted by Gasteiger charge is 2.45. The number of halogens is 3. The van der Waals surface area contributed by atoms with Gasteiger partial charge in [0, 0.05) is 52.4 Å². The smallest absolute Gasteiger partial charge is 0.385 e. The minimum atomic E-state index is -4.31. The molecule has 1 aromatic carbocycles. The van der Waals surface area contributed by atoms with Crippen molar-refractivity contribution in [1.82, 2.24) is 15.5 Å². The molecule has 1 saturated carbocycles. The zero-order chi connectivity index (χ0) is 20.6. The van der Waals surface area contributed by atoms with Crippen molar-refractivity contribution in [3.05, 3.63) is 35.4 Å². The summed E-state index contributed by atoms with van der Waals surface area (Å²) in [7, 11) is 5.45. The quantitative estimate of drug-likeness (QED) is 0.360. The summed E-state index contributed by atoms with van der Waals surface area (Å²) in [5.41, 5.74) is -0.0889. The molecule has 2 N–H and O–H groups in total. The number of ether oxygens (including phenoxy) is 1. The van der Waals surface area contributed by atoms with Crippen molar-refractivity contribution in [2.24, 2.45) is 4.99 Å². The molecule has 0 heterocycles. The van der Waals surface area contributed by atoms with Gasteiger partial charge in [-0.3, -0.25) is 4.99 Å². The summed E-state index contributed by atoms with van der Waals surface area (Å²) in [4.78, 5) is 6.43. The third-order valence-corrected chi connectivity index (χ3v) is 5.15. The molecule has 1 fully saturated rings. The van der Waals surface area contributed by atoms with E-state index in [9.17, 15) is 13.2 Å². The maximum absolute atomic E-state index is 13.0. The average Bonchev–Trinajstić information content (AvgIpc) is 3.45. The van der Waals surface area contributed by atoms with E-state index in [1.54, 1.807) is 20.2 Å². The largest absolute Gasteiger partial charge is 0.416 e. The number of hydrogen-bond acceptors (Lipinski definition) is 3. The summed E-state index contributed by atoms with van der Waals surface area (Å²) in [6.07, 6.45) is -1.58. The van der Waals surface area contributed by atoms with E-state index in [2.05, 4.69) is 27.6 Å². The highest BCUT2D eigenvalue weighted by Crippen LogP contribution is 2.48. The third kappa shape index (κ3) is 6.67. The first-order valence-corrected chi connectivity index (χ1v) is 9.60. The van der Waals surface area contributed by atoms with E-state index in [1.807, 2.05) is 0 Å². The second kappa shape index (κ2) is 10.1. The van der Waals surface area contributed by atoms with E-state index in [0.717, 1.165) is 57.1 Å². The average molecular weight is 400 g/mol. The highest BCUT2D eigenvalue weighted by molar-refractivity contribution is 5.79. The summed E-state index contributed by atoms with van der Waals surface area (Å²) in [5, 5.41) is 6.54. The number of nitrogens with one attached hydrogen (secondary N) is 2. The molecule has 158 valence electrons. The Bertz CT molecular complexity index is 645. The standard InChI is InChI=1S/C20H31F3N4O/c1-24-18(25-10-12-27(2)11-5-13-28-3)26-15-19(8-9-19)16-6-4-7-17(14-16)20(21,22)23/h4,6-7,14H,5,8-13,15H2,1-3H3,(H2,24,25,26). The number of alkyl halides is 3. The van der Waals surface area contributed by atoms with Crippen LogP contribution in [-0.4, -0.2) is 64.9 Å². The lowest BCUT2D eigenvalue weighted by Gasteiger charge is -2.21. The van der Waals surface area contributed by atoms with Gasteiger partial charge in [0.25, 0.3) is 0 Å². The first-order chi connectivity index (χ1) is 13.3. The van der Waals surface area contributed by atoms with Gasteiger partial charge in [-0.15, -0.1) is 0 Å². The van der Waals surface area contributed by atoms with Gasteiger partial charge < -0.3 is 20.3 Å². The molecule has 0 aromatic heterocycles. The first kappa shape index (κ1) is 22.5. The van der Waals surface area contributed by atoms with Crippen LogP contribution in [0.4, 0.5) is 13.2 Å². The van der Waals surface area contributed by atoms with Crippen LogP contribution >= 0.6 is 0 Å². The zero-order valence-electron chi connectivity index (χ0n) is 16.9. The van der Waals surface area contributed by atoms with Crippen LogP contribution in [0, 0.1) is 0 Å². The Kier molecular flexibility index (Phi) is 8.12. The Labute approximate surface area is 165 Å². The lowest BCUT2D eigenvalue weighted by Crippen LogP contribution is -2.43. The number of aliphatic imine (C=N–C) groups is 1. The molecule has 8 heteroatoms. The fourth-order valence-electron chi connectivity index (χ4n) is 3.17. The van der Waals surface area contributed by atoms with Gasteiger partial charge in [0.05, 0.1) is 5.56 Å². The molecule has 0 bridgehead atoms. The molecule has 1 aliphatic carbocycles. The van der Waals surface area contributed by atoms with Crippen molar-refractivity contribution in [1.29, 1.82) is 0 Å². The molecule has 28 heavy (non-hydrogen) atoms. The van der Waals surface area contributed by atoms with E-state index in [0.29, 0.717) is 12.5 Å². The van der Waals surface area contributed by atoms with Gasteiger partial charge in [0.1, 0.15) is 0 Å². The molecule has 0 atom stereocenters. The number of guanidine groups is 1. The molecule has 0 saturated heterocycles. The van der Waals surface area contributed by atoms with E-state index >= 15 is 0 Å². The van der Waals surface area contributed by atoms with Crippen molar-refractivity contribution >= 4 is 5.96 Å². The van der Waals surface area contributed by atoms with Crippen LogP contribution in [-0.2, 0) is 16.3 Å². The van der Waals surface area contributed by atoms with Crippen molar-refractivity contribution < 1.29 is 17.9 Å². The van der Waals surface area contributed by atoms with Gasteiger partial charge in [-0.05, 0) is 37.9 Å². The molecule has 0 radical (unpaired) electrons. The normalized spacial score (nSPS) is 16.3. The summed E-state index contributed by atoms with van der Waals surface area (Å²) >= 11 is 0. The predicted molar refractivity (Wildman–Crippen MR) is 106 cm³/mol. The molecule has 0 aliphatic heterocycles. The Morgan fingerprint density at radius 3 is 2.61 bits per heavy atom. The van der Waals surface area contributed by atoms with E-state index in [-0.39, 0.29) is 5.41 Å². The highest BCUT2D eigenvalue weighted by atomic mass is 19.4. The Morgan fingerprint density at radius 1 is 1.25 bits per heavy atom. The van der Waals surface area contributed by atoms with E-state index in [4.69, 9.17) is 4.74 Å². The SMILES string of the molecule is CN=C(NCCN(C)CCCOC)NCC1(c2cccc(C(F)(F)F)c2)CC1. The topological polar surface area (TPSA) is 48.9 Å². The van der Waals surface area contributed by atoms with E-state index < -0.39 is 11.7 Å². The summed E-state index contributed by atoms with van der Waals surface area (Å²) in [6.45, 7) is 3.87. The van der Waals surface area contributed by atoms with Gasteiger partial charge in [0.15, 0.2) is 5.96 Å². The van der Waals surface area contributed by atoms with Crippen LogP contribution in [0.5, 0.6) is 0 Å². The van der Waals surface area contributed by atoms with Gasteiger partial charge in [-0.2, -0.15) is 13.2 Å². The zero-order valence-corrected chi connectivity index (χ0v) is 16.9. The molecule has 1 aliphatic rings. The van der Waals surface area contributed by atoms with Crippen LogP contribution < -0.4 is 10.6 Å². The fourth-order valence-corrected chi connectivity index (χ4v) is 3.17. The van der Waals surface area contributed by atoms with Gasteiger partial charge in [-0.25, -0.2) is 0 Å². The van der Waals surface area contributed by atoms with Crippen molar-refractivity contribution in [2.75, 3.05) is 54.0 Å². The van der Waals surface area contributed by atoms with Crippen molar-refractivity contribution in [3.8, 4) is 0 Å². The molecule has 0 unspecified atom stereocenters. The van der Waals surface area contributed by atoms with Crippen LogP contribution in [0.3, 0.4) is 0 Å². The van der Waals surface area contributed by atoms with Gasteiger partial charge >= 0.3 is 6.18 Å². The number of likely N-dealkylation sites (N-methyl/N-ethyl adjacent to an activating group) is 1. The summed E-state index contributed by atoms with van der Waals surface area (Å²) < 4.78 is 44.0. The van der Waals surface area contributed by atoms with Gasteiger partial charge in [0.2, 0.25) is 0 Å². The monoisotopic (exact) mass is 400 g/mol. The Morgan fingerprint density at radius 2 is 2.00 bits per heavy atom. The predicted octanol–water partition coefficient (Wildman–Crippen LogP) is 2.87. The minimum Gasteiger partial charge on any atom is -0.385 e. The number of nitrogens with zero attached hydrogens (tertiary/aromatic N) is 2. The van der Waals surface area contributed by atoms with Crippen LogP contribution in [0.2, 0.25) is 0 Å². The fraction of sp³-hybridized carbons (Fsp3) is 0.650. The van der Waals surface area contributed by atoms with Crippen LogP contribution in [0.25, 0.3) is 0 Å². The molecular formula is C20H31F3N4O. The number of methoxy groups -OCH3 is 1. The first-order valence-electron chi connectivity index (χ1n) is 9.60. The molecule has 5 nitrogen and oxygen atoms in total. The van der Waals surface area contributed by atoms with Crippen molar-refractivity contribution in [2.45, 2.75) is 30.9 Å². The number of rotatable bonds is 10. The molecular weight excluding hydrogens is 369 g/mol.